The van der Waals surface area contributed by atoms with Crippen molar-refractivity contribution in [2.24, 2.45) is 5.73 Å². The van der Waals surface area contributed by atoms with E-state index in [1.165, 1.54) is 6.20 Å². The molecular weight excluding hydrogens is 351 g/mol. The van der Waals surface area contributed by atoms with Crippen LogP contribution >= 0.6 is 0 Å². The lowest BCUT2D eigenvalue weighted by Crippen LogP contribution is -2.36. The van der Waals surface area contributed by atoms with Crippen LogP contribution in [0, 0.1) is 0 Å². The number of alkyl halides is 1. The summed E-state index contributed by atoms with van der Waals surface area (Å²) in [6.45, 7) is 2.78. The number of carbonyl (C=O) groups excluding carboxylic acids is 2. The Labute approximate surface area is 156 Å². The maximum Gasteiger partial charge on any atom is 0.324 e. The molecule has 0 radical (unpaired) electrons. The number of likely N-dealkylation sites (N-methyl/N-ethyl adjacent to an activating group) is 1. The van der Waals surface area contributed by atoms with E-state index in [9.17, 15) is 14.0 Å². The first kappa shape index (κ1) is 17.6. The topological polar surface area (TPSA) is 96.0 Å². The smallest absolute Gasteiger partial charge is 0.324 e. The van der Waals surface area contributed by atoms with Crippen molar-refractivity contribution in [3.63, 3.8) is 0 Å². The number of nitrogens with zero attached hydrogens (tertiary/aromatic N) is 4. The van der Waals surface area contributed by atoms with Crippen LogP contribution in [0.15, 0.2) is 18.5 Å². The summed E-state index contributed by atoms with van der Waals surface area (Å²) in [7, 11) is 1.75. The molecule has 0 unspecified atom stereocenters. The van der Waals surface area contributed by atoms with Crippen LogP contribution in [0.1, 0.15) is 36.5 Å². The molecule has 4 rings (SSSR count). The highest BCUT2D eigenvalue weighted by Crippen LogP contribution is 2.37. The van der Waals surface area contributed by atoms with Crippen LogP contribution in [-0.2, 0) is 0 Å². The van der Waals surface area contributed by atoms with E-state index in [-0.39, 0.29) is 11.6 Å². The Morgan fingerprint density at radius 2 is 2.22 bits per heavy atom. The van der Waals surface area contributed by atoms with E-state index >= 15 is 0 Å². The molecule has 3 heterocycles. The van der Waals surface area contributed by atoms with Gasteiger partial charge in [0.15, 0.2) is 0 Å². The first-order chi connectivity index (χ1) is 12.8. The van der Waals surface area contributed by atoms with Crippen LogP contribution in [0.25, 0.3) is 5.52 Å². The summed E-state index contributed by atoms with van der Waals surface area (Å²) >= 11 is 0. The Morgan fingerprint density at radius 3 is 2.81 bits per heavy atom. The van der Waals surface area contributed by atoms with Crippen molar-refractivity contribution >= 4 is 28.8 Å². The number of aromatic nitrogens is 2. The maximum absolute atomic E-state index is 14.8. The van der Waals surface area contributed by atoms with Gasteiger partial charge in [-0.3, -0.25) is 9.69 Å². The molecule has 1 saturated carbocycles. The number of hydrogen-bond donors (Lipinski definition) is 2. The fourth-order valence-electron chi connectivity index (χ4n) is 3.94. The predicted octanol–water partition coefficient (Wildman–Crippen LogP) is 2.00. The van der Waals surface area contributed by atoms with Crippen LogP contribution in [0.4, 0.5) is 20.6 Å². The van der Waals surface area contributed by atoms with Crippen molar-refractivity contribution in [3.05, 3.63) is 24.0 Å². The van der Waals surface area contributed by atoms with Gasteiger partial charge in [0.25, 0.3) is 5.91 Å². The Kier molecular flexibility index (Phi) is 3.97. The molecule has 2 aliphatic rings. The highest BCUT2D eigenvalue weighted by Gasteiger charge is 2.39. The van der Waals surface area contributed by atoms with Gasteiger partial charge in [-0.15, -0.1) is 0 Å². The minimum Gasteiger partial charge on any atom is -0.377 e. The van der Waals surface area contributed by atoms with Crippen molar-refractivity contribution < 1.29 is 14.0 Å². The number of nitrogens with two attached hydrogens (primary N) is 1. The summed E-state index contributed by atoms with van der Waals surface area (Å²) in [5.41, 5.74) is 6.09. The maximum atomic E-state index is 14.8. The van der Waals surface area contributed by atoms with Crippen molar-refractivity contribution in [2.45, 2.75) is 37.9 Å². The summed E-state index contributed by atoms with van der Waals surface area (Å²) in [5.74, 6) is -0.634. The number of halogens is 1. The monoisotopic (exact) mass is 374 g/mol. The van der Waals surface area contributed by atoms with E-state index in [4.69, 9.17) is 5.73 Å². The Morgan fingerprint density at radius 1 is 1.44 bits per heavy atom. The lowest BCUT2D eigenvalue weighted by Gasteiger charge is -2.26. The fraction of sp³-hybridized carbons (Fsp3) is 0.500. The van der Waals surface area contributed by atoms with Crippen molar-refractivity contribution in [1.82, 2.24) is 14.5 Å². The second kappa shape index (κ2) is 6.11. The van der Waals surface area contributed by atoms with Gasteiger partial charge in [0.2, 0.25) is 0 Å². The number of rotatable bonds is 4. The molecule has 144 valence electrons. The summed E-state index contributed by atoms with van der Waals surface area (Å²) in [5, 5.41) is 7.44. The summed E-state index contributed by atoms with van der Waals surface area (Å²) in [6.07, 6.45) is 5.02. The second-order valence-electron chi connectivity index (χ2n) is 7.55. The molecule has 8 nitrogen and oxygen atoms in total. The normalized spacial score (nSPS) is 25.6. The van der Waals surface area contributed by atoms with Crippen LogP contribution in [0.3, 0.4) is 0 Å². The summed E-state index contributed by atoms with van der Waals surface area (Å²) in [6, 6.07) is 1.27. The molecule has 27 heavy (non-hydrogen) atoms. The molecule has 1 saturated heterocycles. The molecule has 2 aromatic heterocycles. The predicted molar refractivity (Wildman–Crippen MR) is 99.9 cm³/mol. The Hall–Kier alpha value is -2.84. The lowest BCUT2D eigenvalue weighted by atomic mass is 10.0. The highest BCUT2D eigenvalue weighted by molar-refractivity contribution is 6.03. The molecule has 9 heteroatoms. The van der Waals surface area contributed by atoms with Gasteiger partial charge in [0.05, 0.1) is 40.9 Å². The minimum absolute atomic E-state index is 0.0948. The SMILES string of the molecule is CN1CCN(c2cc3c(N[C@@H]4CCC[C@]4(C)F)c(C(N)=O)cnn3c2)C1=O. The van der Waals surface area contributed by atoms with Crippen LogP contribution in [-0.4, -0.2) is 58.3 Å². The zero-order chi connectivity index (χ0) is 19.3. The number of urea groups is 1. The number of anilines is 2. The first-order valence-electron chi connectivity index (χ1n) is 9.07. The van der Waals surface area contributed by atoms with Crippen molar-refractivity contribution in [2.75, 3.05) is 30.4 Å². The van der Waals surface area contributed by atoms with E-state index in [0.29, 0.717) is 42.8 Å². The zero-order valence-corrected chi connectivity index (χ0v) is 15.4. The molecule has 2 atom stereocenters. The van der Waals surface area contributed by atoms with Gasteiger partial charge in [0, 0.05) is 20.1 Å². The zero-order valence-electron chi connectivity index (χ0n) is 15.4. The van der Waals surface area contributed by atoms with Gasteiger partial charge in [-0.1, -0.05) is 0 Å². The minimum atomic E-state index is -1.36. The van der Waals surface area contributed by atoms with Crippen LogP contribution in [0.5, 0.6) is 0 Å². The standard InChI is InChI=1S/C18H23FN6O2/c1-18(19)5-3-4-14(18)22-15-12(16(20)26)9-21-25-10-11(8-13(15)25)24-7-6-23(2)17(24)27/h8-10,14,22H,3-7H2,1-2H3,(H2,20,26)/t14-,18+/m1/s1. The molecule has 2 aromatic rings. The van der Waals surface area contributed by atoms with E-state index in [1.807, 2.05) is 0 Å². The van der Waals surface area contributed by atoms with Gasteiger partial charge in [0.1, 0.15) is 5.67 Å². The number of primary amides is 1. The average Bonchev–Trinajstić information content (AvgIpc) is 3.26. The van der Waals surface area contributed by atoms with Crippen molar-refractivity contribution in [1.29, 1.82) is 0 Å². The fourth-order valence-corrected chi connectivity index (χ4v) is 3.94. The molecule has 1 aliphatic carbocycles. The van der Waals surface area contributed by atoms with E-state index in [1.54, 1.807) is 40.5 Å². The molecule has 2 fully saturated rings. The second-order valence-corrected chi connectivity index (χ2v) is 7.55. The molecule has 0 aromatic carbocycles. The van der Waals surface area contributed by atoms with E-state index in [2.05, 4.69) is 10.4 Å². The number of nitrogens with one attached hydrogen (secondary N) is 1. The Balaban J connectivity index is 1.78. The molecule has 1 aliphatic heterocycles. The third-order valence-electron chi connectivity index (χ3n) is 5.62. The first-order valence-corrected chi connectivity index (χ1v) is 9.07. The third kappa shape index (κ3) is 2.87. The van der Waals surface area contributed by atoms with Gasteiger partial charge in [-0.2, -0.15) is 5.10 Å². The van der Waals surface area contributed by atoms with Gasteiger partial charge >= 0.3 is 6.03 Å². The van der Waals surface area contributed by atoms with Crippen molar-refractivity contribution in [3.8, 4) is 0 Å². The molecular formula is C18H23FN6O2. The third-order valence-corrected chi connectivity index (χ3v) is 5.62. The highest BCUT2D eigenvalue weighted by atomic mass is 19.1. The summed E-state index contributed by atoms with van der Waals surface area (Å²) < 4.78 is 16.4. The van der Waals surface area contributed by atoms with Crippen LogP contribution in [0.2, 0.25) is 0 Å². The van der Waals surface area contributed by atoms with E-state index in [0.717, 1.165) is 6.42 Å². The van der Waals surface area contributed by atoms with Crippen LogP contribution < -0.4 is 16.0 Å². The molecule has 0 bridgehead atoms. The van der Waals surface area contributed by atoms with Gasteiger partial charge < -0.3 is 16.0 Å². The molecule has 3 N–H and O–H groups in total. The number of carbonyl (C=O) groups is 2. The largest absolute Gasteiger partial charge is 0.377 e. The van der Waals surface area contributed by atoms with E-state index < -0.39 is 17.6 Å². The lowest BCUT2D eigenvalue weighted by molar-refractivity contribution is 0.1000. The molecule has 0 spiro atoms. The van der Waals surface area contributed by atoms with Gasteiger partial charge in [-0.05, 0) is 32.3 Å². The average molecular weight is 374 g/mol. The van der Waals surface area contributed by atoms with Gasteiger partial charge in [-0.25, -0.2) is 13.7 Å². The number of amides is 3. The number of hydrogen-bond acceptors (Lipinski definition) is 4. The quantitative estimate of drug-likeness (QED) is 0.856. The number of fused-ring (bicyclic) bond motifs is 1. The Bertz CT molecular complexity index is 924. The summed E-state index contributed by atoms with van der Waals surface area (Å²) in [4.78, 5) is 27.5. The molecule has 3 amide bonds.